The van der Waals surface area contributed by atoms with E-state index < -0.39 is 0 Å². The molecule has 25 heavy (non-hydrogen) atoms. The Bertz CT molecular complexity index is 626. The monoisotopic (exact) mass is 338 g/mol. The van der Waals surface area contributed by atoms with Gasteiger partial charge in [0.2, 0.25) is 0 Å². The summed E-state index contributed by atoms with van der Waals surface area (Å²) < 4.78 is 18.1. The molecule has 3 nitrogen and oxygen atoms in total. The maximum absolute atomic E-state index is 6.14. The van der Waals surface area contributed by atoms with Gasteiger partial charge in [-0.05, 0) is 17.5 Å². The standard InChI is InChI=1S/C22H26O3/c1-2-9-20-14-21(24-16-19-12-7-4-8-13-19)22(25-20)17-23-15-18-10-5-3-6-11-18/h2-8,10-13,20-22H,1,9,14-17H2/t20-,21+,22+/m0/s1. The molecule has 0 aromatic heterocycles. The number of benzene rings is 2. The van der Waals surface area contributed by atoms with Gasteiger partial charge in [-0.25, -0.2) is 0 Å². The van der Waals surface area contributed by atoms with E-state index in [1.807, 2.05) is 42.5 Å². The van der Waals surface area contributed by atoms with Crippen LogP contribution in [0.2, 0.25) is 0 Å². The maximum atomic E-state index is 6.14. The van der Waals surface area contributed by atoms with Crippen molar-refractivity contribution in [3.63, 3.8) is 0 Å². The Morgan fingerprint density at radius 2 is 1.60 bits per heavy atom. The molecule has 2 aromatic rings. The number of hydrogen-bond acceptors (Lipinski definition) is 3. The fraction of sp³-hybridized carbons (Fsp3) is 0.364. The molecule has 3 rings (SSSR count). The van der Waals surface area contributed by atoms with E-state index in [0.29, 0.717) is 19.8 Å². The smallest absolute Gasteiger partial charge is 0.107 e. The van der Waals surface area contributed by atoms with Crippen molar-refractivity contribution < 1.29 is 14.2 Å². The third-order valence-electron chi connectivity index (χ3n) is 4.41. The number of hydrogen-bond donors (Lipinski definition) is 0. The summed E-state index contributed by atoms with van der Waals surface area (Å²) in [6, 6.07) is 20.4. The molecule has 1 fully saturated rings. The van der Waals surface area contributed by atoms with Crippen LogP contribution in [0.4, 0.5) is 0 Å². The van der Waals surface area contributed by atoms with Gasteiger partial charge in [-0.3, -0.25) is 0 Å². The zero-order valence-electron chi connectivity index (χ0n) is 14.6. The van der Waals surface area contributed by atoms with E-state index in [9.17, 15) is 0 Å². The first-order valence-corrected chi connectivity index (χ1v) is 8.88. The van der Waals surface area contributed by atoms with Gasteiger partial charge in [0.05, 0.1) is 32.0 Å². The second-order valence-electron chi connectivity index (χ2n) is 6.39. The summed E-state index contributed by atoms with van der Waals surface area (Å²) >= 11 is 0. The van der Waals surface area contributed by atoms with Gasteiger partial charge in [-0.15, -0.1) is 6.58 Å². The summed E-state index contributed by atoms with van der Waals surface area (Å²) in [5.41, 5.74) is 2.35. The normalized spacial score (nSPS) is 22.8. The van der Waals surface area contributed by atoms with Crippen molar-refractivity contribution in [2.24, 2.45) is 0 Å². The molecule has 132 valence electrons. The molecular formula is C22H26O3. The van der Waals surface area contributed by atoms with Crippen LogP contribution in [-0.4, -0.2) is 24.9 Å². The average Bonchev–Trinajstić information content (AvgIpc) is 3.04. The molecule has 0 spiro atoms. The molecule has 0 bridgehead atoms. The van der Waals surface area contributed by atoms with Crippen molar-refractivity contribution in [2.45, 2.75) is 44.4 Å². The predicted molar refractivity (Wildman–Crippen MR) is 99.2 cm³/mol. The molecule has 1 aliphatic rings. The van der Waals surface area contributed by atoms with Crippen LogP contribution >= 0.6 is 0 Å². The fourth-order valence-electron chi connectivity index (χ4n) is 3.11. The van der Waals surface area contributed by atoms with Gasteiger partial charge in [0.1, 0.15) is 6.10 Å². The lowest BCUT2D eigenvalue weighted by atomic mass is 10.1. The minimum atomic E-state index is -0.0302. The molecule has 0 N–H and O–H groups in total. The largest absolute Gasteiger partial charge is 0.374 e. The molecular weight excluding hydrogens is 312 g/mol. The van der Waals surface area contributed by atoms with E-state index in [4.69, 9.17) is 14.2 Å². The van der Waals surface area contributed by atoms with Gasteiger partial charge in [-0.2, -0.15) is 0 Å². The summed E-state index contributed by atoms with van der Waals surface area (Å²) in [6.07, 6.45) is 3.84. The minimum absolute atomic E-state index is 0.0302. The molecule has 1 aliphatic heterocycles. The van der Waals surface area contributed by atoms with Crippen LogP contribution in [-0.2, 0) is 27.4 Å². The third kappa shape index (κ3) is 5.53. The zero-order valence-corrected chi connectivity index (χ0v) is 14.6. The van der Waals surface area contributed by atoms with Gasteiger partial charge in [0.25, 0.3) is 0 Å². The Morgan fingerprint density at radius 1 is 0.960 bits per heavy atom. The zero-order chi connectivity index (χ0) is 17.3. The highest BCUT2D eigenvalue weighted by atomic mass is 16.6. The van der Waals surface area contributed by atoms with Gasteiger partial charge in [0, 0.05) is 6.42 Å². The fourth-order valence-corrected chi connectivity index (χ4v) is 3.11. The molecule has 0 aliphatic carbocycles. The van der Waals surface area contributed by atoms with Gasteiger partial charge >= 0.3 is 0 Å². The topological polar surface area (TPSA) is 27.7 Å². The van der Waals surface area contributed by atoms with Crippen LogP contribution in [0.15, 0.2) is 73.3 Å². The van der Waals surface area contributed by atoms with Crippen LogP contribution in [0.1, 0.15) is 24.0 Å². The van der Waals surface area contributed by atoms with Crippen molar-refractivity contribution in [2.75, 3.05) is 6.61 Å². The van der Waals surface area contributed by atoms with Crippen molar-refractivity contribution in [1.29, 1.82) is 0 Å². The van der Waals surface area contributed by atoms with E-state index in [-0.39, 0.29) is 18.3 Å². The van der Waals surface area contributed by atoms with Gasteiger partial charge < -0.3 is 14.2 Å². The third-order valence-corrected chi connectivity index (χ3v) is 4.41. The van der Waals surface area contributed by atoms with Crippen molar-refractivity contribution >= 4 is 0 Å². The molecule has 0 amide bonds. The van der Waals surface area contributed by atoms with E-state index in [1.165, 1.54) is 11.1 Å². The molecule has 0 unspecified atom stereocenters. The van der Waals surface area contributed by atoms with Crippen molar-refractivity contribution in [3.05, 3.63) is 84.4 Å². The lowest BCUT2D eigenvalue weighted by Crippen LogP contribution is -2.29. The molecule has 2 aromatic carbocycles. The molecule has 3 atom stereocenters. The quantitative estimate of drug-likeness (QED) is 0.629. The highest BCUT2D eigenvalue weighted by molar-refractivity contribution is 5.14. The van der Waals surface area contributed by atoms with E-state index in [2.05, 4.69) is 30.8 Å². The summed E-state index contributed by atoms with van der Waals surface area (Å²) in [5.74, 6) is 0. The van der Waals surface area contributed by atoms with E-state index in [1.54, 1.807) is 0 Å². The molecule has 1 heterocycles. The maximum Gasteiger partial charge on any atom is 0.107 e. The first kappa shape index (κ1) is 17.9. The Labute approximate surface area is 150 Å². The van der Waals surface area contributed by atoms with Crippen LogP contribution in [0.5, 0.6) is 0 Å². The number of rotatable bonds is 9. The first-order valence-electron chi connectivity index (χ1n) is 8.88. The molecule has 1 saturated heterocycles. The Morgan fingerprint density at radius 3 is 2.24 bits per heavy atom. The van der Waals surface area contributed by atoms with E-state index in [0.717, 1.165) is 12.8 Å². The van der Waals surface area contributed by atoms with E-state index >= 15 is 0 Å². The van der Waals surface area contributed by atoms with Crippen LogP contribution < -0.4 is 0 Å². The van der Waals surface area contributed by atoms with Crippen LogP contribution in [0.3, 0.4) is 0 Å². The van der Waals surface area contributed by atoms with Crippen LogP contribution in [0.25, 0.3) is 0 Å². The molecule has 0 radical (unpaired) electrons. The average molecular weight is 338 g/mol. The van der Waals surface area contributed by atoms with Gasteiger partial charge in [0.15, 0.2) is 0 Å². The van der Waals surface area contributed by atoms with Gasteiger partial charge in [-0.1, -0.05) is 66.7 Å². The molecule has 0 saturated carbocycles. The number of ether oxygens (including phenoxy) is 3. The Balaban J connectivity index is 1.51. The first-order chi connectivity index (χ1) is 12.3. The summed E-state index contributed by atoms with van der Waals surface area (Å²) in [5, 5.41) is 0. The van der Waals surface area contributed by atoms with Crippen LogP contribution in [0, 0.1) is 0 Å². The lowest BCUT2D eigenvalue weighted by Gasteiger charge is -2.19. The predicted octanol–water partition coefficient (Wildman–Crippen LogP) is 4.52. The summed E-state index contributed by atoms with van der Waals surface area (Å²) in [6.45, 7) is 5.56. The van der Waals surface area contributed by atoms with Crippen molar-refractivity contribution in [3.8, 4) is 0 Å². The second-order valence-corrected chi connectivity index (χ2v) is 6.39. The Kier molecular flexibility index (Phi) is 6.80. The SMILES string of the molecule is C=CC[C@H]1C[C@@H](OCc2ccccc2)[C@@H](COCc2ccccc2)O1. The highest BCUT2D eigenvalue weighted by Crippen LogP contribution is 2.27. The second kappa shape index (κ2) is 9.52. The summed E-state index contributed by atoms with van der Waals surface area (Å²) in [7, 11) is 0. The minimum Gasteiger partial charge on any atom is -0.374 e. The lowest BCUT2D eigenvalue weighted by molar-refractivity contribution is -0.0705. The Hall–Kier alpha value is -1.94. The van der Waals surface area contributed by atoms with Crippen molar-refractivity contribution in [1.82, 2.24) is 0 Å². The summed E-state index contributed by atoms with van der Waals surface area (Å²) in [4.78, 5) is 0. The highest BCUT2D eigenvalue weighted by Gasteiger charge is 2.35. The molecule has 3 heteroatoms.